The van der Waals surface area contributed by atoms with Crippen molar-refractivity contribution in [1.29, 1.82) is 0 Å². The molecule has 2 rings (SSSR count). The number of phosphoric acid groups is 1. The fourth-order valence-electron chi connectivity index (χ4n) is 2.46. The van der Waals surface area contributed by atoms with Crippen molar-refractivity contribution in [2.45, 2.75) is 27.0 Å². The first-order valence-electron chi connectivity index (χ1n) is 9.05. The SMILES string of the molecule is CCOP(=O)(OCC)OC(Nc1ccc(C)cc1)c1ccc(N(C)C)cc1. The van der Waals surface area contributed by atoms with Gasteiger partial charge in [-0.3, -0.25) is 13.6 Å². The minimum atomic E-state index is -3.69. The van der Waals surface area contributed by atoms with Crippen LogP contribution < -0.4 is 10.2 Å². The van der Waals surface area contributed by atoms with Gasteiger partial charge in [0.05, 0.1) is 13.2 Å². The van der Waals surface area contributed by atoms with Gasteiger partial charge in [-0.1, -0.05) is 29.8 Å². The number of anilines is 2. The van der Waals surface area contributed by atoms with E-state index in [0.717, 1.165) is 22.5 Å². The lowest BCUT2D eigenvalue weighted by molar-refractivity contribution is 0.0941. The van der Waals surface area contributed by atoms with Crippen LogP contribution in [0.25, 0.3) is 0 Å². The second kappa shape index (κ2) is 9.90. The Morgan fingerprint density at radius 3 is 2.00 bits per heavy atom. The van der Waals surface area contributed by atoms with Crippen LogP contribution in [-0.4, -0.2) is 27.3 Å². The molecule has 0 fully saturated rings. The number of aryl methyl sites for hydroxylation is 1. The van der Waals surface area contributed by atoms with Crippen molar-refractivity contribution >= 4 is 19.2 Å². The first-order chi connectivity index (χ1) is 12.9. The van der Waals surface area contributed by atoms with E-state index in [4.69, 9.17) is 13.6 Å². The maximum Gasteiger partial charge on any atom is 0.476 e. The third-order valence-corrected chi connectivity index (χ3v) is 5.49. The molecule has 0 saturated carbocycles. The molecule has 148 valence electrons. The van der Waals surface area contributed by atoms with Crippen LogP contribution in [0.2, 0.25) is 0 Å². The minimum absolute atomic E-state index is 0.230. The quantitative estimate of drug-likeness (QED) is 0.433. The molecule has 27 heavy (non-hydrogen) atoms. The summed E-state index contributed by atoms with van der Waals surface area (Å²) in [7, 11) is 0.265. The molecule has 0 bridgehead atoms. The van der Waals surface area contributed by atoms with E-state index in [0.29, 0.717) is 0 Å². The summed E-state index contributed by atoms with van der Waals surface area (Å²) in [5, 5.41) is 3.28. The summed E-state index contributed by atoms with van der Waals surface area (Å²) in [6, 6.07) is 15.7. The van der Waals surface area contributed by atoms with Gasteiger partial charge in [-0.25, -0.2) is 4.57 Å². The van der Waals surface area contributed by atoms with E-state index < -0.39 is 14.1 Å². The normalized spacial score (nSPS) is 12.6. The maximum absolute atomic E-state index is 12.9. The zero-order chi connectivity index (χ0) is 19.9. The van der Waals surface area contributed by atoms with Gasteiger partial charge < -0.3 is 10.2 Å². The predicted molar refractivity (Wildman–Crippen MR) is 110 cm³/mol. The molecule has 0 amide bonds. The molecule has 1 unspecified atom stereocenters. The molecule has 0 aliphatic carbocycles. The van der Waals surface area contributed by atoms with Crippen LogP contribution in [0.4, 0.5) is 11.4 Å². The zero-order valence-corrected chi connectivity index (χ0v) is 17.5. The number of hydrogen-bond acceptors (Lipinski definition) is 6. The standard InChI is InChI=1S/C20H29N2O4P/c1-6-24-27(23,25-7-2)26-20(21-18-12-8-16(3)9-13-18)17-10-14-19(15-11-17)22(4)5/h8-15,20-21H,6-7H2,1-5H3. The third kappa shape index (κ3) is 6.36. The van der Waals surface area contributed by atoms with Gasteiger partial charge in [-0.05, 0) is 45.0 Å². The summed E-state index contributed by atoms with van der Waals surface area (Å²) in [4.78, 5) is 2.01. The molecule has 0 aromatic heterocycles. The Bertz CT molecular complexity index is 738. The van der Waals surface area contributed by atoms with Crippen molar-refractivity contribution < 1.29 is 18.1 Å². The fourth-order valence-corrected chi connectivity index (χ4v) is 3.72. The Morgan fingerprint density at radius 1 is 0.963 bits per heavy atom. The van der Waals surface area contributed by atoms with E-state index in [2.05, 4.69) is 5.32 Å². The first kappa shape index (κ1) is 21.5. The molecule has 7 heteroatoms. The van der Waals surface area contributed by atoms with Crippen LogP contribution in [0.5, 0.6) is 0 Å². The van der Waals surface area contributed by atoms with E-state index in [9.17, 15) is 4.57 Å². The van der Waals surface area contributed by atoms with Crippen molar-refractivity contribution in [3.8, 4) is 0 Å². The highest BCUT2D eigenvalue weighted by Crippen LogP contribution is 2.53. The van der Waals surface area contributed by atoms with E-state index in [-0.39, 0.29) is 13.2 Å². The number of benzene rings is 2. The summed E-state index contributed by atoms with van der Waals surface area (Å²) in [5.41, 5.74) is 3.89. The van der Waals surface area contributed by atoms with Crippen LogP contribution in [-0.2, 0) is 18.1 Å². The molecule has 0 saturated heterocycles. The van der Waals surface area contributed by atoms with Gasteiger partial charge in [-0.2, -0.15) is 0 Å². The Kier molecular flexibility index (Phi) is 7.87. The monoisotopic (exact) mass is 392 g/mol. The summed E-state index contributed by atoms with van der Waals surface area (Å²) in [6.45, 7) is 5.99. The molecule has 2 aromatic rings. The van der Waals surface area contributed by atoms with Crippen LogP contribution in [0.15, 0.2) is 48.5 Å². The number of rotatable bonds is 10. The van der Waals surface area contributed by atoms with Crippen molar-refractivity contribution in [1.82, 2.24) is 0 Å². The van der Waals surface area contributed by atoms with E-state index >= 15 is 0 Å². The van der Waals surface area contributed by atoms with Crippen molar-refractivity contribution in [2.75, 3.05) is 37.5 Å². The molecule has 0 spiro atoms. The molecular formula is C20H29N2O4P. The van der Waals surface area contributed by atoms with Crippen LogP contribution in [0.1, 0.15) is 31.2 Å². The van der Waals surface area contributed by atoms with Gasteiger partial charge in [-0.15, -0.1) is 0 Å². The van der Waals surface area contributed by atoms with Gasteiger partial charge >= 0.3 is 7.82 Å². The van der Waals surface area contributed by atoms with Crippen LogP contribution in [0, 0.1) is 6.92 Å². The molecule has 1 atom stereocenters. The second-order valence-electron chi connectivity index (χ2n) is 6.26. The molecule has 0 heterocycles. The molecule has 1 N–H and O–H groups in total. The Balaban J connectivity index is 2.31. The second-order valence-corrected chi connectivity index (χ2v) is 7.89. The zero-order valence-electron chi connectivity index (χ0n) is 16.6. The Hall–Kier alpha value is -1.85. The average Bonchev–Trinajstić information content (AvgIpc) is 2.63. The van der Waals surface area contributed by atoms with Gasteiger partial charge in [0.2, 0.25) is 0 Å². The largest absolute Gasteiger partial charge is 0.476 e. The summed E-state index contributed by atoms with van der Waals surface area (Å²) < 4.78 is 29.3. The van der Waals surface area contributed by atoms with Crippen molar-refractivity contribution in [3.05, 3.63) is 59.7 Å². The highest BCUT2D eigenvalue weighted by Gasteiger charge is 2.31. The van der Waals surface area contributed by atoms with Crippen LogP contribution in [0.3, 0.4) is 0 Å². The molecular weight excluding hydrogens is 363 g/mol. The van der Waals surface area contributed by atoms with Crippen LogP contribution >= 0.6 is 7.82 Å². The van der Waals surface area contributed by atoms with Gasteiger partial charge in [0.1, 0.15) is 0 Å². The van der Waals surface area contributed by atoms with Crippen molar-refractivity contribution in [2.24, 2.45) is 0 Å². The van der Waals surface area contributed by atoms with E-state index in [1.54, 1.807) is 13.8 Å². The van der Waals surface area contributed by atoms with Gasteiger partial charge in [0.25, 0.3) is 0 Å². The minimum Gasteiger partial charge on any atom is -0.378 e. The maximum atomic E-state index is 12.9. The molecule has 6 nitrogen and oxygen atoms in total. The highest BCUT2D eigenvalue weighted by molar-refractivity contribution is 7.48. The van der Waals surface area contributed by atoms with E-state index in [1.165, 1.54) is 0 Å². The highest BCUT2D eigenvalue weighted by atomic mass is 31.2. The molecule has 0 radical (unpaired) electrons. The summed E-state index contributed by atoms with van der Waals surface area (Å²) >= 11 is 0. The molecule has 0 aliphatic rings. The van der Waals surface area contributed by atoms with Gasteiger partial charge in [0.15, 0.2) is 6.23 Å². The molecule has 0 aliphatic heterocycles. The average molecular weight is 392 g/mol. The third-order valence-electron chi connectivity index (χ3n) is 3.87. The first-order valence-corrected chi connectivity index (χ1v) is 10.5. The predicted octanol–water partition coefficient (Wildman–Crippen LogP) is 5.37. The number of hydrogen-bond donors (Lipinski definition) is 1. The van der Waals surface area contributed by atoms with E-state index in [1.807, 2.05) is 74.4 Å². The molecule has 2 aromatic carbocycles. The lowest BCUT2D eigenvalue weighted by atomic mass is 10.1. The number of nitrogens with one attached hydrogen (secondary N) is 1. The fraction of sp³-hybridized carbons (Fsp3) is 0.400. The smallest absolute Gasteiger partial charge is 0.378 e. The summed E-state index contributed by atoms with van der Waals surface area (Å²) in [5.74, 6) is 0. The van der Waals surface area contributed by atoms with Crippen molar-refractivity contribution in [3.63, 3.8) is 0 Å². The van der Waals surface area contributed by atoms with Gasteiger partial charge in [0, 0.05) is 31.0 Å². The topological polar surface area (TPSA) is 60.0 Å². The summed E-state index contributed by atoms with van der Waals surface area (Å²) in [6.07, 6.45) is -0.687. The Labute approximate surface area is 162 Å². The lowest BCUT2D eigenvalue weighted by Crippen LogP contribution is -2.16. The number of nitrogens with zero attached hydrogens (tertiary/aromatic N) is 1. The number of phosphoric ester groups is 1. The Morgan fingerprint density at radius 2 is 1.52 bits per heavy atom. The lowest BCUT2D eigenvalue weighted by Gasteiger charge is -2.25.